The number of hydrogen-bond acceptors (Lipinski definition) is 11. The molecule has 3 rings (SSSR count). The average Bonchev–Trinajstić information content (AvgIpc) is 3.19. The van der Waals surface area contributed by atoms with Crippen molar-refractivity contribution in [3.05, 3.63) is 11.3 Å². The van der Waals surface area contributed by atoms with Gasteiger partial charge in [0.1, 0.15) is 17.1 Å². The first-order valence-corrected chi connectivity index (χ1v) is 12.4. The van der Waals surface area contributed by atoms with Crippen LogP contribution in [0.25, 0.3) is 0 Å². The number of nitrogens with two attached hydrogens (primary N) is 1. The SMILES string of the molecule is CCOP(=O)(CC(Sc1nn[nH]n1)C1=C(C(=O)O)N2C(=O)[C@@H](N)[C@@H]2SC1)OCC. The number of carboxylic acids is 1. The van der Waals surface area contributed by atoms with Crippen molar-refractivity contribution in [1.29, 1.82) is 0 Å². The van der Waals surface area contributed by atoms with Gasteiger partial charge in [-0.25, -0.2) is 4.79 Å². The van der Waals surface area contributed by atoms with Crippen LogP contribution in [0.15, 0.2) is 16.4 Å². The molecule has 4 N–H and O–H groups in total. The molecular formula is C14H21N6O6PS2. The third kappa shape index (κ3) is 4.52. The van der Waals surface area contributed by atoms with Crippen molar-refractivity contribution in [2.24, 2.45) is 5.73 Å². The van der Waals surface area contributed by atoms with E-state index in [1.807, 2.05) is 0 Å². The largest absolute Gasteiger partial charge is 0.477 e. The van der Waals surface area contributed by atoms with Crippen LogP contribution in [0, 0.1) is 0 Å². The highest BCUT2D eigenvalue weighted by molar-refractivity contribution is 8.01. The molecule has 1 unspecified atom stereocenters. The lowest BCUT2D eigenvalue weighted by molar-refractivity contribution is -0.148. The number of carbonyl (C=O) groups is 2. The fraction of sp³-hybridized carbons (Fsp3) is 0.643. The molecule has 3 atom stereocenters. The molecule has 12 nitrogen and oxygen atoms in total. The van der Waals surface area contributed by atoms with Crippen LogP contribution in [0.4, 0.5) is 0 Å². The van der Waals surface area contributed by atoms with E-state index >= 15 is 0 Å². The van der Waals surface area contributed by atoms with Crippen LogP contribution in [-0.2, 0) is 23.2 Å². The smallest absolute Gasteiger partial charge is 0.352 e. The summed E-state index contributed by atoms with van der Waals surface area (Å²) in [5.74, 6) is -1.43. The van der Waals surface area contributed by atoms with Gasteiger partial charge in [0, 0.05) is 11.0 Å². The molecule has 3 heterocycles. The van der Waals surface area contributed by atoms with E-state index in [2.05, 4.69) is 20.6 Å². The van der Waals surface area contributed by atoms with Crippen molar-refractivity contribution in [2.75, 3.05) is 25.1 Å². The molecule has 1 aromatic rings. The van der Waals surface area contributed by atoms with Gasteiger partial charge in [-0.1, -0.05) is 11.8 Å². The summed E-state index contributed by atoms with van der Waals surface area (Å²) in [6.45, 7) is 3.71. The number of rotatable bonds is 10. The van der Waals surface area contributed by atoms with Crippen molar-refractivity contribution < 1.29 is 28.3 Å². The quantitative estimate of drug-likeness (QED) is 0.249. The fourth-order valence-electron chi connectivity index (χ4n) is 3.07. The molecule has 1 aromatic heterocycles. The number of aromatic nitrogens is 4. The zero-order valence-corrected chi connectivity index (χ0v) is 18.2. The molecule has 1 fully saturated rings. The number of H-pyrrole nitrogens is 1. The van der Waals surface area contributed by atoms with Crippen molar-refractivity contribution >= 4 is 43.0 Å². The Labute approximate surface area is 174 Å². The number of carboxylic acid groups (broad SMARTS) is 1. The molecule has 160 valence electrons. The lowest BCUT2D eigenvalue weighted by Crippen LogP contribution is -2.68. The number of thioether (sulfide) groups is 2. The summed E-state index contributed by atoms with van der Waals surface area (Å²) in [5.41, 5.74) is 6.06. The fourth-order valence-corrected chi connectivity index (χ4v) is 7.87. The highest BCUT2D eigenvalue weighted by Crippen LogP contribution is 2.53. The third-order valence-corrected chi connectivity index (χ3v) is 9.05. The second-order valence-electron chi connectivity index (χ2n) is 6.04. The molecule has 1 saturated heterocycles. The standard InChI is InChI=1S/C14H21N6O6PS2/c1-3-25-27(24,26-4-2)5-8(29-14-16-18-19-17-14)7-6-28-12-9(15)11(21)20(12)10(7)13(22)23/h8-9,12H,3-6,15H2,1-2H3,(H,22,23)(H,16,17,18,19)/t8?,9-,12+/m1/s1. The van der Waals surface area contributed by atoms with Crippen LogP contribution >= 0.6 is 31.1 Å². The van der Waals surface area contributed by atoms with Crippen molar-refractivity contribution in [2.45, 2.75) is 35.7 Å². The zero-order valence-electron chi connectivity index (χ0n) is 15.7. The summed E-state index contributed by atoms with van der Waals surface area (Å²) in [6, 6.07) is -0.739. The second kappa shape index (κ2) is 9.14. The summed E-state index contributed by atoms with van der Waals surface area (Å²) >= 11 is 2.44. The summed E-state index contributed by atoms with van der Waals surface area (Å²) < 4.78 is 23.9. The van der Waals surface area contributed by atoms with Gasteiger partial charge in [-0.3, -0.25) is 14.3 Å². The lowest BCUT2D eigenvalue weighted by atomic mass is 10.0. The molecule has 0 radical (unpaired) electrons. The van der Waals surface area contributed by atoms with Crippen LogP contribution in [0.2, 0.25) is 0 Å². The highest BCUT2D eigenvalue weighted by Gasteiger charge is 2.53. The highest BCUT2D eigenvalue weighted by atomic mass is 32.2. The average molecular weight is 464 g/mol. The maximum atomic E-state index is 13.1. The first-order valence-electron chi connectivity index (χ1n) is 8.76. The van der Waals surface area contributed by atoms with Gasteiger partial charge < -0.3 is 19.9 Å². The van der Waals surface area contributed by atoms with E-state index in [1.165, 1.54) is 16.7 Å². The minimum atomic E-state index is -3.53. The number of aromatic amines is 1. The topological polar surface area (TPSA) is 174 Å². The molecular weight excluding hydrogens is 443 g/mol. The number of nitrogens with one attached hydrogen (secondary N) is 1. The van der Waals surface area contributed by atoms with Gasteiger partial charge in [0.15, 0.2) is 0 Å². The van der Waals surface area contributed by atoms with E-state index in [9.17, 15) is 19.3 Å². The number of fused-ring (bicyclic) bond motifs is 1. The minimum Gasteiger partial charge on any atom is -0.477 e. The number of tetrazole rings is 1. The van der Waals surface area contributed by atoms with Crippen LogP contribution in [-0.4, -0.2) is 84.3 Å². The number of carbonyl (C=O) groups excluding carboxylic acids is 1. The summed E-state index contributed by atoms with van der Waals surface area (Å²) in [6.07, 6.45) is -0.112. The Morgan fingerprint density at radius 1 is 1.48 bits per heavy atom. The number of nitrogens with zero attached hydrogens (tertiary/aromatic N) is 4. The van der Waals surface area contributed by atoms with E-state index in [0.29, 0.717) is 5.57 Å². The van der Waals surface area contributed by atoms with Crippen LogP contribution in [0.1, 0.15) is 13.8 Å². The summed E-state index contributed by atoms with van der Waals surface area (Å²) in [5, 5.41) is 22.5. The molecule has 2 aliphatic heterocycles. The Morgan fingerprint density at radius 3 is 2.72 bits per heavy atom. The Balaban J connectivity index is 2.00. The molecule has 1 amide bonds. The summed E-state index contributed by atoms with van der Waals surface area (Å²) in [7, 11) is -3.53. The molecule has 0 bridgehead atoms. The molecule has 0 spiro atoms. The van der Waals surface area contributed by atoms with E-state index in [-0.39, 0.29) is 36.0 Å². The van der Waals surface area contributed by atoms with E-state index in [0.717, 1.165) is 11.8 Å². The zero-order chi connectivity index (χ0) is 21.2. The van der Waals surface area contributed by atoms with Gasteiger partial charge in [0.2, 0.25) is 11.1 Å². The van der Waals surface area contributed by atoms with Crippen LogP contribution < -0.4 is 5.73 Å². The Morgan fingerprint density at radius 2 is 2.17 bits per heavy atom. The molecule has 2 aliphatic rings. The molecule has 15 heteroatoms. The van der Waals surface area contributed by atoms with E-state index in [4.69, 9.17) is 14.8 Å². The Hall–Kier alpha value is -1.44. The normalized spacial score (nSPS) is 23.0. The number of amides is 1. The third-order valence-electron chi connectivity index (χ3n) is 4.24. The van der Waals surface area contributed by atoms with Crippen LogP contribution in [0.3, 0.4) is 0 Å². The van der Waals surface area contributed by atoms with Gasteiger partial charge in [-0.15, -0.1) is 22.0 Å². The minimum absolute atomic E-state index is 0.112. The number of hydrogen-bond donors (Lipinski definition) is 3. The van der Waals surface area contributed by atoms with Gasteiger partial charge in [0.25, 0.3) is 0 Å². The first kappa shape index (κ1) is 22.2. The van der Waals surface area contributed by atoms with E-state index in [1.54, 1.807) is 13.8 Å². The lowest BCUT2D eigenvalue weighted by Gasteiger charge is -2.48. The Bertz CT molecular complexity index is 842. The van der Waals surface area contributed by atoms with Gasteiger partial charge in [-0.2, -0.15) is 5.21 Å². The predicted octanol–water partition coefficient (Wildman–Crippen LogP) is 0.508. The van der Waals surface area contributed by atoms with Gasteiger partial charge >= 0.3 is 13.6 Å². The second-order valence-corrected chi connectivity index (χ2v) is 10.4. The number of β-lactam (4-membered cyclic amide) rings is 1. The predicted molar refractivity (Wildman–Crippen MR) is 105 cm³/mol. The Kier molecular flexibility index (Phi) is 7.02. The van der Waals surface area contributed by atoms with Crippen molar-refractivity contribution in [3.8, 4) is 0 Å². The van der Waals surface area contributed by atoms with Crippen molar-refractivity contribution in [3.63, 3.8) is 0 Å². The molecule has 0 aromatic carbocycles. The number of aliphatic carboxylic acids is 1. The van der Waals surface area contributed by atoms with Crippen molar-refractivity contribution in [1.82, 2.24) is 25.5 Å². The first-order chi connectivity index (χ1) is 13.8. The maximum absolute atomic E-state index is 13.1. The van der Waals surface area contributed by atoms with Gasteiger partial charge in [-0.05, 0) is 24.6 Å². The van der Waals surface area contributed by atoms with E-state index < -0.39 is 36.1 Å². The molecule has 0 saturated carbocycles. The molecule has 0 aliphatic carbocycles. The van der Waals surface area contributed by atoms with Crippen LogP contribution in [0.5, 0.6) is 0 Å². The monoisotopic (exact) mass is 464 g/mol. The van der Waals surface area contributed by atoms with Gasteiger partial charge in [0.05, 0.1) is 19.4 Å². The summed E-state index contributed by atoms with van der Waals surface area (Å²) in [4.78, 5) is 25.5. The maximum Gasteiger partial charge on any atom is 0.352 e. The molecule has 29 heavy (non-hydrogen) atoms.